The molecule has 0 nitrogen and oxygen atoms in total. The minimum absolute atomic E-state index is 0.00347. The fourth-order valence-corrected chi connectivity index (χ4v) is 4.10. The van der Waals surface area contributed by atoms with Gasteiger partial charge in [0.05, 0.1) is 0 Å². The first kappa shape index (κ1) is 11.4. The molecule has 0 radical (unpaired) electrons. The molecular formula is C8H12BrCl3. The van der Waals surface area contributed by atoms with Crippen molar-refractivity contribution in [3.8, 4) is 0 Å². The van der Waals surface area contributed by atoms with Crippen LogP contribution in [-0.2, 0) is 0 Å². The van der Waals surface area contributed by atoms with E-state index in [9.17, 15) is 0 Å². The summed E-state index contributed by atoms with van der Waals surface area (Å²) < 4.78 is -1.13. The van der Waals surface area contributed by atoms with E-state index in [0.717, 1.165) is 12.8 Å². The number of alkyl halides is 4. The molecule has 0 saturated heterocycles. The van der Waals surface area contributed by atoms with E-state index in [-0.39, 0.29) is 10.2 Å². The minimum atomic E-state index is -1.13. The Labute approximate surface area is 97.1 Å². The van der Waals surface area contributed by atoms with Crippen molar-refractivity contribution in [2.45, 2.75) is 40.7 Å². The molecule has 1 aliphatic carbocycles. The zero-order valence-electron chi connectivity index (χ0n) is 6.92. The van der Waals surface area contributed by atoms with E-state index in [1.165, 1.54) is 12.8 Å². The molecular weight excluding hydrogens is 282 g/mol. The lowest BCUT2D eigenvalue weighted by atomic mass is 9.81. The normalized spacial score (nSPS) is 38.2. The van der Waals surface area contributed by atoms with Crippen molar-refractivity contribution >= 4 is 50.7 Å². The molecule has 2 atom stereocenters. The Morgan fingerprint density at radius 1 is 1.33 bits per heavy atom. The van der Waals surface area contributed by atoms with Gasteiger partial charge in [-0.3, -0.25) is 0 Å². The molecule has 0 heterocycles. The summed E-state index contributed by atoms with van der Waals surface area (Å²) in [6.07, 6.45) is 4.47. The van der Waals surface area contributed by atoms with Crippen molar-refractivity contribution in [2.24, 2.45) is 5.92 Å². The van der Waals surface area contributed by atoms with Crippen LogP contribution in [-0.4, -0.2) is 8.12 Å². The van der Waals surface area contributed by atoms with Gasteiger partial charge in [-0.2, -0.15) is 0 Å². The third kappa shape index (κ3) is 2.67. The summed E-state index contributed by atoms with van der Waals surface area (Å²) in [4.78, 5) is 0. The predicted octanol–water partition coefficient (Wildman–Crippen LogP) is 4.70. The van der Waals surface area contributed by atoms with Crippen LogP contribution in [0.2, 0.25) is 0 Å². The Bertz CT molecular complexity index is 162. The van der Waals surface area contributed by atoms with Gasteiger partial charge >= 0.3 is 0 Å². The van der Waals surface area contributed by atoms with Gasteiger partial charge in [0, 0.05) is 10.2 Å². The molecule has 0 aromatic carbocycles. The van der Waals surface area contributed by atoms with Gasteiger partial charge in [0.15, 0.2) is 3.79 Å². The molecule has 0 bridgehead atoms. The third-order valence-corrected chi connectivity index (χ3v) is 4.27. The molecule has 0 amide bonds. The van der Waals surface area contributed by atoms with Crippen molar-refractivity contribution in [1.29, 1.82) is 0 Å². The minimum Gasteiger partial charge on any atom is -0.0852 e. The predicted molar refractivity (Wildman–Crippen MR) is 59.6 cm³/mol. The molecule has 72 valence electrons. The average Bonchev–Trinajstić information content (AvgIpc) is 1.83. The van der Waals surface area contributed by atoms with Crippen LogP contribution >= 0.6 is 50.7 Å². The van der Waals surface area contributed by atoms with Crippen molar-refractivity contribution in [3.63, 3.8) is 0 Å². The highest BCUT2D eigenvalue weighted by atomic mass is 79.9. The monoisotopic (exact) mass is 292 g/mol. The van der Waals surface area contributed by atoms with E-state index in [1.54, 1.807) is 0 Å². The Morgan fingerprint density at radius 2 is 1.92 bits per heavy atom. The maximum atomic E-state index is 5.90. The maximum Gasteiger partial charge on any atom is 0.194 e. The van der Waals surface area contributed by atoms with Crippen LogP contribution in [0.15, 0.2) is 0 Å². The van der Waals surface area contributed by atoms with Crippen molar-refractivity contribution in [2.75, 3.05) is 0 Å². The second-order valence-corrected chi connectivity index (χ2v) is 7.80. The number of hydrogen-bond donors (Lipinski definition) is 0. The van der Waals surface area contributed by atoms with Gasteiger partial charge in [0.2, 0.25) is 0 Å². The van der Waals surface area contributed by atoms with E-state index in [0.29, 0.717) is 0 Å². The van der Waals surface area contributed by atoms with Gasteiger partial charge in [-0.1, -0.05) is 63.6 Å². The summed E-state index contributed by atoms with van der Waals surface area (Å²) in [5.74, 6) is 0.128. The van der Waals surface area contributed by atoms with Crippen LogP contribution in [0.25, 0.3) is 0 Å². The molecule has 0 aromatic rings. The molecule has 1 aliphatic rings. The molecule has 2 unspecified atom stereocenters. The highest BCUT2D eigenvalue weighted by Crippen LogP contribution is 2.51. The smallest absolute Gasteiger partial charge is 0.0852 e. The Hall–Kier alpha value is 1.35. The van der Waals surface area contributed by atoms with Crippen LogP contribution in [0.4, 0.5) is 0 Å². The first-order valence-electron chi connectivity index (χ1n) is 4.10. The fraction of sp³-hybridized carbons (Fsp3) is 1.00. The van der Waals surface area contributed by atoms with Crippen LogP contribution in [0.3, 0.4) is 0 Å². The van der Waals surface area contributed by atoms with Crippen molar-refractivity contribution < 1.29 is 0 Å². The topological polar surface area (TPSA) is 0 Å². The van der Waals surface area contributed by atoms with E-state index >= 15 is 0 Å². The second-order valence-electron chi connectivity index (χ2n) is 3.62. The largest absolute Gasteiger partial charge is 0.194 e. The first-order valence-corrected chi connectivity index (χ1v) is 6.02. The van der Waals surface area contributed by atoms with Crippen LogP contribution in [0.1, 0.15) is 32.6 Å². The molecule has 12 heavy (non-hydrogen) atoms. The quantitative estimate of drug-likeness (QED) is 0.568. The van der Waals surface area contributed by atoms with Crippen molar-refractivity contribution in [1.82, 2.24) is 0 Å². The lowest BCUT2D eigenvalue weighted by molar-refractivity contribution is 0.300. The summed E-state index contributed by atoms with van der Waals surface area (Å²) in [7, 11) is 0. The highest BCUT2D eigenvalue weighted by Gasteiger charge is 2.45. The molecule has 1 saturated carbocycles. The molecule has 0 spiro atoms. The summed E-state index contributed by atoms with van der Waals surface area (Å²) in [5.41, 5.74) is 0. The lowest BCUT2D eigenvalue weighted by Gasteiger charge is -2.40. The molecule has 4 heteroatoms. The fourth-order valence-electron chi connectivity index (χ4n) is 1.80. The van der Waals surface area contributed by atoms with Gasteiger partial charge in [0.25, 0.3) is 0 Å². The zero-order valence-corrected chi connectivity index (χ0v) is 10.8. The van der Waals surface area contributed by atoms with Gasteiger partial charge in [0.1, 0.15) is 0 Å². The Kier molecular flexibility index (Phi) is 3.66. The maximum absolute atomic E-state index is 5.90. The summed E-state index contributed by atoms with van der Waals surface area (Å²) in [5, 5.41) is 0. The standard InChI is InChI=1S/C8H12BrCl3/c1-7(9)5-3-2-4-6(7)8(10,11)12/h6H,2-5H2,1H3. The number of rotatable bonds is 0. The average molecular weight is 294 g/mol. The second kappa shape index (κ2) is 3.84. The number of halogens is 4. The van der Waals surface area contributed by atoms with E-state index < -0.39 is 3.79 Å². The van der Waals surface area contributed by atoms with Crippen LogP contribution in [0.5, 0.6) is 0 Å². The third-order valence-electron chi connectivity index (χ3n) is 2.53. The summed E-state index contributed by atoms with van der Waals surface area (Å²) in [6.45, 7) is 2.11. The van der Waals surface area contributed by atoms with Gasteiger partial charge in [-0.15, -0.1) is 0 Å². The van der Waals surface area contributed by atoms with E-state index in [1.807, 2.05) is 0 Å². The van der Waals surface area contributed by atoms with Gasteiger partial charge < -0.3 is 0 Å². The van der Waals surface area contributed by atoms with Crippen LogP contribution in [0, 0.1) is 5.92 Å². The van der Waals surface area contributed by atoms with Gasteiger partial charge in [-0.05, 0) is 19.8 Å². The SMILES string of the molecule is CC1(Br)CCCCC1C(Cl)(Cl)Cl. The van der Waals surface area contributed by atoms with Gasteiger partial charge in [-0.25, -0.2) is 0 Å². The molecule has 1 fully saturated rings. The van der Waals surface area contributed by atoms with E-state index in [2.05, 4.69) is 22.9 Å². The lowest BCUT2D eigenvalue weighted by Crippen LogP contribution is -2.39. The molecule has 0 aliphatic heterocycles. The Balaban J connectivity index is 2.73. The molecule has 0 N–H and O–H groups in total. The zero-order chi connectivity index (χ0) is 9.41. The number of hydrogen-bond acceptors (Lipinski definition) is 0. The molecule has 1 rings (SSSR count). The summed E-state index contributed by atoms with van der Waals surface area (Å²) in [6, 6.07) is 0. The van der Waals surface area contributed by atoms with Crippen molar-refractivity contribution in [3.05, 3.63) is 0 Å². The summed E-state index contributed by atoms with van der Waals surface area (Å²) >= 11 is 21.3. The molecule has 0 aromatic heterocycles. The highest BCUT2D eigenvalue weighted by molar-refractivity contribution is 9.10. The van der Waals surface area contributed by atoms with Crippen LogP contribution < -0.4 is 0 Å². The Morgan fingerprint density at radius 3 is 2.25 bits per heavy atom. The first-order chi connectivity index (χ1) is 5.34. The van der Waals surface area contributed by atoms with E-state index in [4.69, 9.17) is 34.8 Å².